The van der Waals surface area contributed by atoms with E-state index >= 15 is 22.4 Å². The zero-order chi connectivity index (χ0) is 58.2. The fourth-order valence-electron chi connectivity index (χ4n) is 10.9. The molecule has 0 aliphatic heterocycles. The van der Waals surface area contributed by atoms with Crippen LogP contribution in [0, 0.1) is 64.8 Å². The van der Waals surface area contributed by atoms with E-state index < -0.39 is 135 Å². The van der Waals surface area contributed by atoms with Crippen LogP contribution in [0.3, 0.4) is 0 Å². The lowest BCUT2D eigenvalue weighted by Crippen LogP contribution is -2.45. The number of hydrogen-bond donors (Lipinski definition) is 3. The van der Waals surface area contributed by atoms with Gasteiger partial charge in [0.25, 0.3) is 16.7 Å². The third-order valence-corrected chi connectivity index (χ3v) is 13.9. The van der Waals surface area contributed by atoms with E-state index in [1.807, 2.05) is 0 Å². The fourth-order valence-corrected chi connectivity index (χ4v) is 10.9. The first-order chi connectivity index (χ1) is 37.8. The summed E-state index contributed by atoms with van der Waals surface area (Å²) in [6.45, 7) is 12.5. The van der Waals surface area contributed by atoms with Crippen molar-refractivity contribution < 1.29 is 31.9 Å². The highest BCUT2D eigenvalue weighted by atomic mass is 19.1. The van der Waals surface area contributed by atoms with Crippen molar-refractivity contribution in [3.8, 4) is 0 Å². The largest absolute Gasteiger partial charge is 0.329 e. The fraction of sp³-hybridized carbons (Fsp3) is 0.262. The average Bonchev–Trinajstić information content (AvgIpc) is 3.35. The summed E-state index contributed by atoms with van der Waals surface area (Å²) in [7, 11) is 0. The first-order valence-corrected chi connectivity index (χ1v) is 25.7. The Morgan fingerprint density at radius 3 is 1.07 bits per heavy atom. The van der Waals surface area contributed by atoms with Crippen LogP contribution in [0.2, 0.25) is 0 Å². The van der Waals surface area contributed by atoms with E-state index in [0.717, 1.165) is 38.0 Å². The molecule has 412 valence electrons. The van der Waals surface area contributed by atoms with E-state index in [2.05, 4.69) is 15.0 Å². The topological polar surface area (TPSA) is 216 Å². The number of hydrogen-bond acceptors (Lipinski definition) is 9. The molecule has 0 aliphatic rings. The molecule has 19 heteroatoms. The molecule has 0 bridgehead atoms. The van der Waals surface area contributed by atoms with Crippen LogP contribution in [0.15, 0.2) is 120 Å². The van der Waals surface area contributed by atoms with E-state index in [4.69, 9.17) is 0 Å². The van der Waals surface area contributed by atoms with Gasteiger partial charge in [-0.25, -0.2) is 31.9 Å². The lowest BCUT2D eigenvalue weighted by Gasteiger charge is -2.28. The number of nitrogens with one attached hydrogen (secondary N) is 3. The highest BCUT2D eigenvalue weighted by Crippen LogP contribution is 2.29. The van der Waals surface area contributed by atoms with Gasteiger partial charge >= 0.3 is 17.1 Å². The van der Waals surface area contributed by atoms with Crippen LogP contribution in [0.5, 0.6) is 0 Å². The van der Waals surface area contributed by atoms with Crippen molar-refractivity contribution in [1.29, 1.82) is 0 Å². The van der Waals surface area contributed by atoms with Crippen LogP contribution in [-0.2, 0) is 38.6 Å². The number of ketones is 3. The lowest BCUT2D eigenvalue weighted by atomic mass is 9.92. The Labute approximate surface area is 454 Å². The molecule has 3 heterocycles. The van der Waals surface area contributed by atoms with Crippen molar-refractivity contribution in [2.45, 2.75) is 106 Å². The van der Waals surface area contributed by atoms with Crippen molar-refractivity contribution in [3.05, 3.63) is 272 Å². The molecule has 0 fully saturated rings. The first kappa shape index (κ1) is 57.1. The number of halogens is 4. The quantitative estimate of drug-likeness (QED) is 0.0560. The molecule has 8 rings (SSSR count). The summed E-state index contributed by atoms with van der Waals surface area (Å²) in [5, 5.41) is 0. The van der Waals surface area contributed by atoms with Gasteiger partial charge in [-0.1, -0.05) is 65.4 Å². The molecule has 2 unspecified atom stereocenters. The second kappa shape index (κ2) is 23.1. The van der Waals surface area contributed by atoms with E-state index in [0.29, 0.717) is 45.5 Å². The van der Waals surface area contributed by atoms with Gasteiger partial charge < -0.3 is 0 Å². The highest BCUT2D eigenvalue weighted by molar-refractivity contribution is 6.10. The van der Waals surface area contributed by atoms with Crippen LogP contribution in [0.1, 0.15) is 135 Å². The minimum absolute atomic E-state index is 0.0593. The molecule has 0 saturated carbocycles. The Bertz CT molecular complexity index is 3910. The first-order valence-electron chi connectivity index (χ1n) is 25.7. The molecule has 3 N–H and O–H groups in total. The average molecular weight is 1090 g/mol. The maximum Gasteiger partial charge on any atom is 0.329 e. The number of rotatable bonds is 18. The van der Waals surface area contributed by atoms with Gasteiger partial charge in [0.15, 0.2) is 0 Å². The number of H-pyrrole nitrogens is 3. The molecule has 0 aliphatic carbocycles. The zero-order valence-corrected chi connectivity index (χ0v) is 45.1. The van der Waals surface area contributed by atoms with Crippen LogP contribution >= 0.6 is 0 Å². The molecule has 3 aromatic heterocycles. The van der Waals surface area contributed by atoms with Gasteiger partial charge in [0.05, 0.1) is 6.04 Å². The molecule has 2 atom stereocenters. The van der Waals surface area contributed by atoms with Gasteiger partial charge in [0.1, 0.15) is 40.4 Å². The minimum atomic E-state index is -1.63. The maximum atomic E-state index is 15.6. The Morgan fingerprint density at radius 2 is 0.713 bits per heavy atom. The summed E-state index contributed by atoms with van der Waals surface area (Å²) in [5.41, 5.74) is -5.54. The van der Waals surface area contributed by atoms with E-state index in [-0.39, 0.29) is 51.8 Å². The predicted octanol–water partition coefficient (Wildman–Crippen LogP) is 7.97. The van der Waals surface area contributed by atoms with Crippen molar-refractivity contribution in [1.82, 2.24) is 28.7 Å². The van der Waals surface area contributed by atoms with Crippen LogP contribution in [0.4, 0.5) is 17.6 Å². The number of carbonyl (C=O) groups is 3. The zero-order valence-electron chi connectivity index (χ0n) is 45.1. The van der Waals surface area contributed by atoms with Crippen molar-refractivity contribution in [2.24, 2.45) is 0 Å². The number of aromatic amines is 3. The van der Waals surface area contributed by atoms with E-state index in [1.54, 1.807) is 73.6 Å². The van der Waals surface area contributed by atoms with E-state index in [9.17, 15) is 38.4 Å². The third kappa shape index (κ3) is 12.0. The molecule has 0 radical (unpaired) electrons. The molecule has 80 heavy (non-hydrogen) atoms. The van der Waals surface area contributed by atoms with Crippen LogP contribution in [-0.4, -0.2) is 46.0 Å². The van der Waals surface area contributed by atoms with Gasteiger partial charge in [-0.15, -0.1) is 0 Å². The highest BCUT2D eigenvalue weighted by Gasteiger charge is 2.34. The van der Waals surface area contributed by atoms with Gasteiger partial charge in [0.2, 0.25) is 17.3 Å². The monoisotopic (exact) mass is 1090 g/mol. The maximum absolute atomic E-state index is 15.6. The molecular weight excluding hydrogens is 1040 g/mol. The summed E-state index contributed by atoms with van der Waals surface area (Å²) >= 11 is 0. The summed E-state index contributed by atoms with van der Waals surface area (Å²) < 4.78 is 63.3. The second-order valence-electron chi connectivity index (χ2n) is 20.4. The van der Waals surface area contributed by atoms with Gasteiger partial charge in [0, 0.05) is 64.5 Å². The Balaban J connectivity index is 1.47. The molecule has 0 amide bonds. The third-order valence-electron chi connectivity index (χ3n) is 13.9. The number of carbonyl (C=O) groups excluding carboxylic acids is 3. The predicted molar refractivity (Wildman–Crippen MR) is 293 cm³/mol. The van der Waals surface area contributed by atoms with Gasteiger partial charge in [-0.3, -0.25) is 57.4 Å². The van der Waals surface area contributed by atoms with Gasteiger partial charge in [-0.2, -0.15) is 0 Å². The van der Waals surface area contributed by atoms with Crippen molar-refractivity contribution in [3.63, 3.8) is 0 Å². The smallest absolute Gasteiger partial charge is 0.288 e. The standard InChI is InChI=1S/C61H56F4N6O9/c1-9-47-51(54(73)39-16-32(5)12-33(6)17-39)70(60(79)67-56(47)75)45(24-36-20-41(62)26-42(63)21-36)28-49-50(53(72)38-14-30(3)11-31(4)15-38)69(59(78)66-58(49)77)29-46(25-37-22-43(64)27-44(65)23-37)71-52(48(10-2)57(76)68-61(71)80)55(74)40-18-34(7)13-35(8)19-40/h11-23,26-27,45-46H,9-10,24-25,28-29H2,1-8H3,(H,66,77,78)(H,67,75,79)(H,68,76,80). The summed E-state index contributed by atoms with van der Waals surface area (Å²) in [5.74, 6) is -6.74. The number of aryl methyl sites for hydroxylation is 6. The van der Waals surface area contributed by atoms with Crippen molar-refractivity contribution in [2.75, 3.05) is 0 Å². The second-order valence-corrected chi connectivity index (χ2v) is 20.4. The molecule has 8 aromatic rings. The Morgan fingerprint density at radius 1 is 0.400 bits per heavy atom. The molecule has 0 spiro atoms. The van der Waals surface area contributed by atoms with Gasteiger partial charge in [-0.05, 0) is 139 Å². The molecule has 15 nitrogen and oxygen atoms in total. The Hall–Kier alpha value is -9.13. The van der Waals surface area contributed by atoms with Crippen LogP contribution in [0.25, 0.3) is 0 Å². The Kier molecular flexibility index (Phi) is 16.4. The summed E-state index contributed by atoms with van der Waals surface area (Å²) in [6.07, 6.45) is -2.18. The summed E-state index contributed by atoms with van der Waals surface area (Å²) in [4.78, 5) is 139. The normalized spacial score (nSPS) is 12.2. The molecule has 0 saturated heterocycles. The minimum Gasteiger partial charge on any atom is -0.288 e. The number of benzene rings is 5. The SMILES string of the molecule is CCc1c(C(=O)c2cc(C)cc(C)c2)n(C(Cc2cc(F)cc(F)c2)Cc2c(C(=O)c3cc(C)cc(C)c3)n(CC(Cc3cc(F)cc(F)c3)n3c(C(=O)c4cc(C)cc(C)c4)c(CC)c(=O)[nH]c3=O)c(=O)[nH]c2=O)c(=O)[nH]c1=O. The molecular formula is C61H56F4N6O9. The van der Waals surface area contributed by atoms with Crippen LogP contribution < -0.4 is 33.7 Å². The van der Waals surface area contributed by atoms with E-state index in [1.165, 1.54) is 36.4 Å². The number of nitrogens with zero attached hydrogens (tertiary/aromatic N) is 3. The number of aromatic nitrogens is 6. The lowest BCUT2D eigenvalue weighted by molar-refractivity contribution is 0.101. The molecule has 5 aromatic carbocycles. The van der Waals surface area contributed by atoms with Crippen molar-refractivity contribution >= 4 is 17.3 Å². The summed E-state index contributed by atoms with van der Waals surface area (Å²) in [6, 6.07) is 16.2.